The van der Waals surface area contributed by atoms with Crippen LogP contribution >= 0.6 is 11.8 Å². The number of anilines is 2. The molecule has 1 atom stereocenters. The average Bonchev–Trinajstić information content (AvgIpc) is 3.60. The van der Waals surface area contributed by atoms with Gasteiger partial charge in [-0.3, -0.25) is 14.4 Å². The third kappa shape index (κ3) is 8.64. The van der Waals surface area contributed by atoms with E-state index in [4.69, 9.17) is 13.9 Å². The Morgan fingerprint density at radius 1 is 0.784 bits per heavy atom. The summed E-state index contributed by atoms with van der Waals surface area (Å²) in [5.41, 5.74) is 4.38. The molecule has 0 spiro atoms. The van der Waals surface area contributed by atoms with Crippen molar-refractivity contribution in [3.05, 3.63) is 138 Å². The van der Waals surface area contributed by atoms with Crippen molar-refractivity contribution in [2.75, 3.05) is 24.9 Å². The van der Waals surface area contributed by atoms with Crippen molar-refractivity contribution in [2.45, 2.75) is 17.1 Å². The van der Waals surface area contributed by atoms with E-state index in [1.54, 1.807) is 60.7 Å². The van der Waals surface area contributed by atoms with E-state index in [0.29, 0.717) is 45.5 Å². The maximum atomic E-state index is 13.6. The highest BCUT2D eigenvalue weighted by molar-refractivity contribution is 8.00. The van der Waals surface area contributed by atoms with E-state index < -0.39 is 17.1 Å². The number of methoxy groups -OCH3 is 2. The van der Waals surface area contributed by atoms with E-state index >= 15 is 0 Å². The van der Waals surface area contributed by atoms with Gasteiger partial charge in [0.05, 0.1) is 19.5 Å². The van der Waals surface area contributed by atoms with Gasteiger partial charge in [0.2, 0.25) is 11.8 Å². The van der Waals surface area contributed by atoms with E-state index in [1.807, 2.05) is 67.6 Å². The highest BCUT2D eigenvalue weighted by Crippen LogP contribution is 2.29. The number of hydrogen-bond donors (Lipinski definition) is 3. The number of nitrogens with zero attached hydrogens (tertiary/aromatic N) is 1. The maximum Gasteiger partial charge on any atom is 0.272 e. The Kier molecular flexibility index (Phi) is 10.8. The molecule has 1 unspecified atom stereocenters. The first-order valence-electron chi connectivity index (χ1n) is 15.9. The number of para-hydroxylation sites is 2. The van der Waals surface area contributed by atoms with Crippen LogP contribution < -0.4 is 25.4 Å². The van der Waals surface area contributed by atoms with E-state index in [1.165, 1.54) is 32.1 Å². The van der Waals surface area contributed by atoms with Gasteiger partial charge >= 0.3 is 0 Å². The van der Waals surface area contributed by atoms with Crippen molar-refractivity contribution in [1.82, 2.24) is 10.3 Å². The van der Waals surface area contributed by atoms with Gasteiger partial charge in [-0.2, -0.15) is 0 Å². The standard InChI is InChI=1S/C40H34N4O6S/c1-25(37(45)41-29-15-13-27(14-16-29)40-44-33-11-7-8-12-36(33)50-40)51-32-20-17-30(18-21-32)42-39(47)34(43-38(46)26-9-5-4-6-10-26)24-28-23-31(48-2)19-22-35(28)49-3/h4-25H,1-3H3,(H,41,45)(H,42,47)(H,43,46)/b34-24-. The number of carbonyl (C=O) groups excluding carboxylic acids is 3. The molecule has 0 aliphatic heterocycles. The zero-order valence-electron chi connectivity index (χ0n) is 28.0. The Bertz CT molecular complexity index is 2170. The molecule has 1 heterocycles. The van der Waals surface area contributed by atoms with Crippen LogP contribution in [-0.4, -0.2) is 42.2 Å². The molecule has 3 amide bonds. The lowest BCUT2D eigenvalue weighted by Crippen LogP contribution is -2.30. The van der Waals surface area contributed by atoms with Crippen molar-refractivity contribution < 1.29 is 28.3 Å². The highest BCUT2D eigenvalue weighted by atomic mass is 32.2. The Morgan fingerprint density at radius 2 is 1.47 bits per heavy atom. The lowest BCUT2D eigenvalue weighted by molar-refractivity contribution is -0.115. The van der Waals surface area contributed by atoms with Crippen LogP contribution in [0.4, 0.5) is 11.4 Å². The molecule has 0 radical (unpaired) electrons. The van der Waals surface area contributed by atoms with Crippen LogP contribution in [0.2, 0.25) is 0 Å². The molecule has 6 aromatic rings. The molecule has 0 aliphatic rings. The average molecular weight is 699 g/mol. The van der Waals surface area contributed by atoms with Crippen molar-refractivity contribution in [2.24, 2.45) is 0 Å². The first-order chi connectivity index (χ1) is 24.8. The minimum atomic E-state index is -0.542. The summed E-state index contributed by atoms with van der Waals surface area (Å²) in [6.45, 7) is 1.82. The van der Waals surface area contributed by atoms with Crippen molar-refractivity contribution in [3.8, 4) is 23.0 Å². The van der Waals surface area contributed by atoms with Crippen LogP contribution in [0.1, 0.15) is 22.8 Å². The van der Waals surface area contributed by atoms with E-state index in [-0.39, 0.29) is 11.6 Å². The van der Waals surface area contributed by atoms with Crippen LogP contribution in [0.25, 0.3) is 28.6 Å². The van der Waals surface area contributed by atoms with Crippen molar-refractivity contribution in [1.29, 1.82) is 0 Å². The number of ether oxygens (including phenoxy) is 2. The summed E-state index contributed by atoms with van der Waals surface area (Å²) >= 11 is 1.38. The van der Waals surface area contributed by atoms with Gasteiger partial charge in [-0.15, -0.1) is 11.8 Å². The van der Waals surface area contributed by atoms with Gasteiger partial charge in [0.25, 0.3) is 11.8 Å². The largest absolute Gasteiger partial charge is 0.497 e. The molecule has 3 N–H and O–H groups in total. The first kappa shape index (κ1) is 34.5. The predicted molar refractivity (Wildman–Crippen MR) is 200 cm³/mol. The second kappa shape index (κ2) is 15.9. The van der Waals surface area contributed by atoms with Gasteiger partial charge in [-0.25, -0.2) is 4.98 Å². The molecular weight excluding hydrogens is 665 g/mol. The Labute approximate surface area is 298 Å². The van der Waals surface area contributed by atoms with Crippen LogP contribution in [-0.2, 0) is 9.59 Å². The zero-order chi connectivity index (χ0) is 35.7. The summed E-state index contributed by atoms with van der Waals surface area (Å²) in [6, 6.07) is 35.8. The van der Waals surface area contributed by atoms with Gasteiger partial charge in [-0.1, -0.05) is 30.3 Å². The minimum absolute atomic E-state index is 0.000958. The number of amides is 3. The van der Waals surface area contributed by atoms with Crippen molar-refractivity contribution >= 4 is 58.0 Å². The molecule has 0 saturated heterocycles. The molecular formula is C40H34N4O6S. The van der Waals surface area contributed by atoms with Gasteiger partial charge in [-0.05, 0) is 104 Å². The summed E-state index contributed by atoms with van der Waals surface area (Å²) in [5.74, 6) is 0.410. The fraction of sp³-hybridized carbons (Fsp3) is 0.100. The quantitative estimate of drug-likeness (QED) is 0.0865. The summed E-state index contributed by atoms with van der Waals surface area (Å²) in [7, 11) is 3.06. The second-order valence-electron chi connectivity index (χ2n) is 11.3. The molecule has 0 fully saturated rings. The monoisotopic (exact) mass is 698 g/mol. The molecule has 0 aliphatic carbocycles. The summed E-state index contributed by atoms with van der Waals surface area (Å²) in [6.07, 6.45) is 1.53. The number of thioether (sulfide) groups is 1. The summed E-state index contributed by atoms with van der Waals surface area (Å²) in [5, 5.41) is 8.13. The number of rotatable bonds is 12. The first-order valence-corrected chi connectivity index (χ1v) is 16.8. The summed E-state index contributed by atoms with van der Waals surface area (Å²) in [4.78, 5) is 45.0. The fourth-order valence-corrected chi connectivity index (χ4v) is 5.93. The smallest absolute Gasteiger partial charge is 0.272 e. The SMILES string of the molecule is COc1ccc(OC)c(/C=C(\NC(=O)c2ccccc2)C(=O)Nc2ccc(SC(C)C(=O)Nc3ccc(-c4nc5ccccc5o4)cc3)cc2)c1. The third-order valence-electron chi connectivity index (χ3n) is 7.75. The normalized spacial score (nSPS) is 11.8. The maximum absolute atomic E-state index is 13.6. The van der Waals surface area contributed by atoms with Crippen molar-refractivity contribution in [3.63, 3.8) is 0 Å². The Hall–Kier alpha value is -6.33. The molecule has 6 rings (SSSR count). The molecule has 5 aromatic carbocycles. The fourth-order valence-electron chi connectivity index (χ4n) is 5.06. The van der Waals surface area contributed by atoms with E-state index in [2.05, 4.69) is 20.9 Å². The lowest BCUT2D eigenvalue weighted by Gasteiger charge is -2.14. The molecule has 10 nitrogen and oxygen atoms in total. The molecule has 0 bridgehead atoms. The molecule has 51 heavy (non-hydrogen) atoms. The number of fused-ring (bicyclic) bond motifs is 1. The number of benzene rings is 5. The van der Waals surface area contributed by atoms with Gasteiger partial charge in [0.1, 0.15) is 22.7 Å². The minimum Gasteiger partial charge on any atom is -0.497 e. The number of nitrogens with one attached hydrogen (secondary N) is 3. The highest BCUT2D eigenvalue weighted by Gasteiger charge is 2.18. The molecule has 11 heteroatoms. The lowest BCUT2D eigenvalue weighted by atomic mass is 10.1. The molecule has 1 aromatic heterocycles. The second-order valence-corrected chi connectivity index (χ2v) is 12.7. The number of aromatic nitrogens is 1. The van der Waals surface area contributed by atoms with Crippen LogP contribution in [0.3, 0.4) is 0 Å². The van der Waals surface area contributed by atoms with Crippen LogP contribution in [0, 0.1) is 0 Å². The number of oxazole rings is 1. The zero-order valence-corrected chi connectivity index (χ0v) is 28.8. The topological polar surface area (TPSA) is 132 Å². The summed E-state index contributed by atoms with van der Waals surface area (Å²) < 4.78 is 16.7. The number of carbonyl (C=O) groups is 3. The molecule has 256 valence electrons. The van der Waals surface area contributed by atoms with Gasteiger partial charge in [0, 0.05) is 33.0 Å². The van der Waals surface area contributed by atoms with Crippen LogP contribution in [0.15, 0.2) is 136 Å². The van der Waals surface area contributed by atoms with E-state index in [0.717, 1.165) is 16.0 Å². The predicted octanol–water partition coefficient (Wildman–Crippen LogP) is 8.04. The number of hydrogen-bond acceptors (Lipinski definition) is 8. The van der Waals surface area contributed by atoms with E-state index in [9.17, 15) is 14.4 Å². The Morgan fingerprint density at radius 3 is 2.18 bits per heavy atom. The van der Waals surface area contributed by atoms with Gasteiger partial charge < -0.3 is 29.8 Å². The Balaban J connectivity index is 1.10. The third-order valence-corrected chi connectivity index (χ3v) is 8.87. The molecule has 0 saturated carbocycles. The van der Waals surface area contributed by atoms with Crippen LogP contribution in [0.5, 0.6) is 11.5 Å². The van der Waals surface area contributed by atoms with Gasteiger partial charge in [0.15, 0.2) is 5.58 Å².